The third-order valence-electron chi connectivity index (χ3n) is 1.89. The van der Waals surface area contributed by atoms with Crippen LogP contribution in [-0.2, 0) is 0 Å². The van der Waals surface area contributed by atoms with E-state index in [4.69, 9.17) is 0 Å². The van der Waals surface area contributed by atoms with Gasteiger partial charge in [0.15, 0.2) is 8.84 Å². The predicted octanol–water partition coefficient (Wildman–Crippen LogP) is 2.82. The molecule has 0 atom stereocenters. The highest BCUT2D eigenvalue weighted by molar-refractivity contribution is 14.1. The fourth-order valence-electron chi connectivity index (χ4n) is 1.25. The number of aromatic nitrogens is 3. The molecule has 0 aliphatic heterocycles. The summed E-state index contributed by atoms with van der Waals surface area (Å²) in [5.74, 6) is 0.782. The smallest absolute Gasteiger partial charge is 0.175 e. The number of hydrogen-bond donors (Lipinski definition) is 0. The molecule has 2 rings (SSSR count). The summed E-state index contributed by atoms with van der Waals surface area (Å²) in [7, 11) is 0. The van der Waals surface area contributed by atoms with Crippen molar-refractivity contribution in [2.24, 2.45) is 0 Å². The van der Waals surface area contributed by atoms with Crippen LogP contribution in [0.4, 0.5) is 0 Å². The molecule has 5 heteroatoms. The highest BCUT2D eigenvalue weighted by atomic mass is 127. The van der Waals surface area contributed by atoms with Crippen LogP contribution in [0, 0.1) is 16.9 Å². The van der Waals surface area contributed by atoms with Crippen LogP contribution in [0.2, 0.25) is 0 Å². The molecule has 2 aromatic heterocycles. The first-order chi connectivity index (χ1) is 6.66. The largest absolute Gasteiger partial charge is 0.261 e. The molecule has 0 aliphatic rings. The summed E-state index contributed by atoms with van der Waals surface area (Å²) in [6.45, 7) is 4.03. The molecule has 0 aromatic carbocycles. The van der Waals surface area contributed by atoms with E-state index < -0.39 is 0 Å². The zero-order valence-electron chi connectivity index (χ0n) is 7.78. The van der Waals surface area contributed by atoms with Gasteiger partial charge in [0.05, 0.1) is 0 Å². The number of pyridine rings is 1. The van der Waals surface area contributed by atoms with Gasteiger partial charge in [0.25, 0.3) is 0 Å². The minimum Gasteiger partial charge on any atom is -0.261 e. The molecule has 0 radical (unpaired) electrons. The lowest BCUT2D eigenvalue weighted by atomic mass is 10.1. The number of rotatable bonds is 1. The van der Waals surface area contributed by atoms with Crippen LogP contribution in [0.5, 0.6) is 0 Å². The molecule has 2 heterocycles. The topological polar surface area (TPSA) is 38.7 Å². The van der Waals surface area contributed by atoms with E-state index in [2.05, 4.69) is 43.9 Å². The van der Waals surface area contributed by atoms with Crippen molar-refractivity contribution in [1.29, 1.82) is 0 Å². The normalized spacial score (nSPS) is 10.5. The summed E-state index contributed by atoms with van der Waals surface area (Å²) in [4.78, 5) is 8.57. The zero-order valence-corrected chi connectivity index (χ0v) is 10.8. The Bertz CT molecular complexity index is 467. The molecule has 0 saturated carbocycles. The monoisotopic (exact) mass is 317 g/mol. The average Bonchev–Trinajstić information content (AvgIpc) is 2.51. The summed E-state index contributed by atoms with van der Waals surface area (Å²) in [6.07, 6.45) is 1.84. The molecule has 0 N–H and O–H groups in total. The minimum absolute atomic E-state index is 0.782. The quantitative estimate of drug-likeness (QED) is 0.759. The maximum Gasteiger partial charge on any atom is 0.175 e. The molecule has 72 valence electrons. The Morgan fingerprint density at radius 1 is 1.36 bits per heavy atom. The number of nitrogens with zero attached hydrogens (tertiary/aromatic N) is 3. The summed E-state index contributed by atoms with van der Waals surface area (Å²) in [5, 5.41) is 0. The van der Waals surface area contributed by atoms with Crippen molar-refractivity contribution < 1.29 is 0 Å². The van der Waals surface area contributed by atoms with E-state index in [0.29, 0.717) is 0 Å². The first-order valence-electron chi connectivity index (χ1n) is 4.09. The van der Waals surface area contributed by atoms with Crippen molar-refractivity contribution in [3.05, 3.63) is 26.5 Å². The fraction of sp³-hybridized carbons (Fsp3) is 0.222. The van der Waals surface area contributed by atoms with Gasteiger partial charge in [-0.25, -0.2) is 4.98 Å². The molecule has 0 unspecified atom stereocenters. The summed E-state index contributed by atoms with van der Waals surface area (Å²) >= 11 is 3.58. The number of halogens is 1. The van der Waals surface area contributed by atoms with Crippen molar-refractivity contribution in [3.63, 3.8) is 0 Å². The molecule has 0 saturated heterocycles. The van der Waals surface area contributed by atoms with Crippen LogP contribution in [-0.4, -0.2) is 14.3 Å². The lowest BCUT2D eigenvalue weighted by Gasteiger charge is -2.00. The maximum atomic E-state index is 4.33. The second-order valence-corrected chi connectivity index (χ2v) is 5.52. The molecule has 14 heavy (non-hydrogen) atoms. The molecule has 3 nitrogen and oxygen atoms in total. The van der Waals surface area contributed by atoms with Gasteiger partial charge in [-0.15, -0.1) is 0 Å². The zero-order chi connectivity index (χ0) is 10.1. The Hall–Kier alpha value is -0.560. The molecule has 0 fully saturated rings. The predicted molar refractivity (Wildman–Crippen MR) is 65.3 cm³/mol. The van der Waals surface area contributed by atoms with Gasteiger partial charge < -0.3 is 0 Å². The SMILES string of the molecule is Cc1cc(C)c(-c2nsc(I)n2)cn1. The van der Waals surface area contributed by atoms with Gasteiger partial charge in [-0.05, 0) is 59.6 Å². The first-order valence-corrected chi connectivity index (χ1v) is 5.95. The molecule has 0 aliphatic carbocycles. The van der Waals surface area contributed by atoms with Crippen LogP contribution < -0.4 is 0 Å². The average molecular weight is 317 g/mol. The van der Waals surface area contributed by atoms with Crippen LogP contribution in [0.1, 0.15) is 11.3 Å². The Morgan fingerprint density at radius 3 is 2.71 bits per heavy atom. The molecular weight excluding hydrogens is 309 g/mol. The Labute approximate surface area is 99.9 Å². The van der Waals surface area contributed by atoms with E-state index in [1.54, 1.807) is 0 Å². The number of hydrogen-bond acceptors (Lipinski definition) is 4. The summed E-state index contributed by atoms with van der Waals surface area (Å²) < 4.78 is 5.22. The van der Waals surface area contributed by atoms with Crippen molar-refractivity contribution in [3.8, 4) is 11.4 Å². The summed E-state index contributed by atoms with van der Waals surface area (Å²) in [5.41, 5.74) is 3.22. The van der Waals surface area contributed by atoms with E-state index in [1.165, 1.54) is 17.1 Å². The first kappa shape index (κ1) is 9.97. The Kier molecular flexibility index (Phi) is 2.78. The Balaban J connectivity index is 2.52. The van der Waals surface area contributed by atoms with Crippen LogP contribution in [0.25, 0.3) is 11.4 Å². The lowest BCUT2D eigenvalue weighted by Crippen LogP contribution is -1.89. The fourth-order valence-corrected chi connectivity index (χ4v) is 2.20. The van der Waals surface area contributed by atoms with Crippen molar-refractivity contribution in [2.45, 2.75) is 13.8 Å². The van der Waals surface area contributed by atoms with Crippen molar-refractivity contribution >= 4 is 34.1 Å². The highest BCUT2D eigenvalue weighted by Crippen LogP contribution is 2.22. The van der Waals surface area contributed by atoms with E-state index >= 15 is 0 Å². The van der Waals surface area contributed by atoms with Gasteiger partial charge in [-0.3, -0.25) is 4.98 Å². The number of aryl methyl sites for hydroxylation is 2. The van der Waals surface area contributed by atoms with E-state index in [1.807, 2.05) is 19.2 Å². The van der Waals surface area contributed by atoms with Gasteiger partial charge in [-0.1, -0.05) is 0 Å². The lowest BCUT2D eigenvalue weighted by molar-refractivity contribution is 1.16. The van der Waals surface area contributed by atoms with Gasteiger partial charge in [0, 0.05) is 17.5 Å². The second-order valence-electron chi connectivity index (χ2n) is 3.01. The van der Waals surface area contributed by atoms with Crippen LogP contribution in [0.15, 0.2) is 12.3 Å². The van der Waals surface area contributed by atoms with E-state index in [9.17, 15) is 0 Å². The molecule has 0 amide bonds. The van der Waals surface area contributed by atoms with Crippen LogP contribution >= 0.6 is 34.1 Å². The highest BCUT2D eigenvalue weighted by Gasteiger charge is 2.07. The molecular formula is C9H8IN3S. The van der Waals surface area contributed by atoms with Crippen molar-refractivity contribution in [2.75, 3.05) is 0 Å². The summed E-state index contributed by atoms with van der Waals surface area (Å²) in [6, 6.07) is 2.04. The van der Waals surface area contributed by atoms with Crippen LogP contribution in [0.3, 0.4) is 0 Å². The molecule has 0 bridgehead atoms. The van der Waals surface area contributed by atoms with Crippen molar-refractivity contribution in [1.82, 2.24) is 14.3 Å². The maximum absolute atomic E-state index is 4.33. The van der Waals surface area contributed by atoms with E-state index in [0.717, 1.165) is 20.1 Å². The van der Waals surface area contributed by atoms with Gasteiger partial charge in [0.2, 0.25) is 0 Å². The third kappa shape index (κ3) is 1.93. The van der Waals surface area contributed by atoms with Gasteiger partial charge in [0.1, 0.15) is 0 Å². The third-order valence-corrected chi connectivity index (χ3v) is 3.23. The van der Waals surface area contributed by atoms with Gasteiger partial charge in [-0.2, -0.15) is 4.37 Å². The second kappa shape index (κ2) is 3.90. The standard InChI is InChI=1S/C9H8IN3S/c1-5-3-6(2)11-4-7(5)8-12-9(10)14-13-8/h3-4H,1-2H3. The van der Waals surface area contributed by atoms with E-state index in [-0.39, 0.29) is 0 Å². The van der Waals surface area contributed by atoms with Gasteiger partial charge >= 0.3 is 0 Å². The molecule has 2 aromatic rings. The molecule has 0 spiro atoms. The Morgan fingerprint density at radius 2 is 2.14 bits per heavy atom. The minimum atomic E-state index is 0.782.